The van der Waals surface area contributed by atoms with Crippen molar-refractivity contribution in [3.8, 4) is 5.75 Å². The maximum Gasteiger partial charge on any atom is 0.340 e. The Morgan fingerprint density at radius 2 is 1.92 bits per heavy atom. The third-order valence-electron chi connectivity index (χ3n) is 3.98. The Morgan fingerprint density at radius 3 is 2.46 bits per heavy atom. The first-order valence-corrected chi connectivity index (χ1v) is 8.10. The van der Waals surface area contributed by atoms with Gasteiger partial charge in [0.25, 0.3) is 5.91 Å². The summed E-state index contributed by atoms with van der Waals surface area (Å²) in [6, 6.07) is 6.45. The van der Waals surface area contributed by atoms with Gasteiger partial charge in [0.2, 0.25) is 0 Å². The molecule has 130 valence electrons. The van der Waals surface area contributed by atoms with Gasteiger partial charge in [-0.05, 0) is 31.0 Å². The molecule has 1 amide bonds. The van der Waals surface area contributed by atoms with E-state index >= 15 is 0 Å². The fraction of sp³-hybridized carbons (Fsp3) is 0.444. The first-order chi connectivity index (χ1) is 11.5. The molecule has 24 heavy (non-hydrogen) atoms. The van der Waals surface area contributed by atoms with Crippen LogP contribution in [-0.4, -0.2) is 42.1 Å². The molecule has 1 N–H and O–H groups in total. The summed E-state index contributed by atoms with van der Waals surface area (Å²) < 4.78 is 10.2. The van der Waals surface area contributed by atoms with Gasteiger partial charge in [0.15, 0.2) is 5.76 Å². The zero-order valence-electron chi connectivity index (χ0n) is 14.2. The van der Waals surface area contributed by atoms with Gasteiger partial charge >= 0.3 is 5.97 Å². The highest BCUT2D eigenvalue weighted by atomic mass is 16.5. The fourth-order valence-electron chi connectivity index (χ4n) is 2.76. The van der Waals surface area contributed by atoms with Gasteiger partial charge in [0.1, 0.15) is 11.3 Å². The number of amides is 1. The lowest BCUT2D eigenvalue weighted by Gasteiger charge is -2.26. The van der Waals surface area contributed by atoms with Crippen molar-refractivity contribution in [2.45, 2.75) is 32.7 Å². The average molecular weight is 333 g/mol. The predicted molar refractivity (Wildman–Crippen MR) is 88.6 cm³/mol. The van der Waals surface area contributed by atoms with Crippen LogP contribution in [0.15, 0.2) is 35.6 Å². The van der Waals surface area contributed by atoms with Crippen LogP contribution in [0, 0.1) is 0 Å². The van der Waals surface area contributed by atoms with Crippen molar-refractivity contribution >= 4 is 11.9 Å². The minimum atomic E-state index is -0.664. The second kappa shape index (κ2) is 7.86. The summed E-state index contributed by atoms with van der Waals surface area (Å²) in [5, 5.41) is 10.2. The highest BCUT2D eigenvalue weighted by Crippen LogP contribution is 2.38. The quantitative estimate of drug-likeness (QED) is 0.777. The maximum atomic E-state index is 12.4. The van der Waals surface area contributed by atoms with Gasteiger partial charge in [-0.25, -0.2) is 4.79 Å². The number of aliphatic hydroxyl groups excluding tert-OH is 1. The molecule has 0 aromatic heterocycles. The zero-order valence-corrected chi connectivity index (χ0v) is 14.2. The molecule has 1 unspecified atom stereocenters. The normalized spacial score (nSPS) is 17.4. The zero-order chi connectivity index (χ0) is 17.7. The molecule has 1 aromatic rings. The number of rotatable bonds is 7. The van der Waals surface area contributed by atoms with E-state index in [2.05, 4.69) is 0 Å². The summed E-state index contributed by atoms with van der Waals surface area (Å²) in [4.78, 5) is 26.2. The molecule has 6 heteroatoms. The number of esters is 1. The summed E-state index contributed by atoms with van der Waals surface area (Å²) in [5.74, 6) is -1.05. The van der Waals surface area contributed by atoms with E-state index in [1.54, 1.807) is 38.3 Å². The van der Waals surface area contributed by atoms with Crippen molar-refractivity contribution in [2.75, 3.05) is 20.3 Å². The Kier molecular flexibility index (Phi) is 5.84. The molecule has 0 saturated carbocycles. The van der Waals surface area contributed by atoms with Gasteiger partial charge < -0.3 is 19.5 Å². The molecule has 0 fully saturated rings. The van der Waals surface area contributed by atoms with Crippen LogP contribution >= 0.6 is 0 Å². The topological polar surface area (TPSA) is 76.1 Å². The summed E-state index contributed by atoms with van der Waals surface area (Å²) in [6.07, 6.45) is 1.68. The highest BCUT2D eigenvalue weighted by Gasteiger charge is 2.44. The van der Waals surface area contributed by atoms with Crippen molar-refractivity contribution in [3.63, 3.8) is 0 Å². The molecule has 0 bridgehead atoms. The number of aliphatic hydroxyl groups is 1. The fourth-order valence-corrected chi connectivity index (χ4v) is 2.76. The van der Waals surface area contributed by atoms with Crippen molar-refractivity contribution in [1.29, 1.82) is 0 Å². The number of unbranched alkanes of at least 4 members (excludes halogenated alkanes) is 1. The highest BCUT2D eigenvalue weighted by molar-refractivity contribution is 6.06. The number of methoxy groups -OCH3 is 1. The molecular weight excluding hydrogens is 310 g/mol. The molecule has 1 aromatic carbocycles. The Balaban J connectivity index is 2.44. The van der Waals surface area contributed by atoms with Gasteiger partial charge in [0.05, 0.1) is 19.8 Å². The molecule has 0 saturated heterocycles. The van der Waals surface area contributed by atoms with E-state index in [1.165, 1.54) is 4.90 Å². The molecule has 1 aliphatic rings. The number of benzene rings is 1. The summed E-state index contributed by atoms with van der Waals surface area (Å²) in [6.45, 7) is 4.33. The van der Waals surface area contributed by atoms with Crippen LogP contribution in [0.5, 0.6) is 5.75 Å². The number of hydrogen-bond acceptors (Lipinski definition) is 5. The van der Waals surface area contributed by atoms with Gasteiger partial charge in [-0.1, -0.05) is 25.5 Å². The summed E-state index contributed by atoms with van der Waals surface area (Å²) in [5.41, 5.74) is 0.732. The molecule has 0 spiro atoms. The van der Waals surface area contributed by atoms with Crippen LogP contribution in [0.3, 0.4) is 0 Å². The molecular formula is C18H23NO5. The monoisotopic (exact) mass is 333 g/mol. The molecule has 1 aliphatic heterocycles. The van der Waals surface area contributed by atoms with Crippen LogP contribution in [0.25, 0.3) is 0 Å². The minimum absolute atomic E-state index is 0.00289. The molecule has 1 heterocycles. The van der Waals surface area contributed by atoms with Crippen LogP contribution in [0.1, 0.15) is 38.3 Å². The summed E-state index contributed by atoms with van der Waals surface area (Å²) in [7, 11) is 1.57. The van der Waals surface area contributed by atoms with E-state index in [0.717, 1.165) is 18.4 Å². The number of carbonyl (C=O) groups excluding carboxylic acids is 2. The van der Waals surface area contributed by atoms with Gasteiger partial charge in [-0.15, -0.1) is 0 Å². The van der Waals surface area contributed by atoms with E-state index in [0.29, 0.717) is 12.3 Å². The van der Waals surface area contributed by atoms with Gasteiger partial charge in [0, 0.05) is 6.54 Å². The van der Waals surface area contributed by atoms with E-state index in [9.17, 15) is 14.7 Å². The Bertz CT molecular complexity index is 635. The Morgan fingerprint density at radius 1 is 1.25 bits per heavy atom. The lowest BCUT2D eigenvalue weighted by molar-refractivity contribution is -0.139. The second-order valence-electron chi connectivity index (χ2n) is 5.51. The second-order valence-corrected chi connectivity index (χ2v) is 5.51. The lowest BCUT2D eigenvalue weighted by atomic mass is 9.99. The number of carbonyl (C=O) groups is 2. The first-order valence-electron chi connectivity index (χ1n) is 8.10. The van der Waals surface area contributed by atoms with Gasteiger partial charge in [-0.3, -0.25) is 4.79 Å². The standard InChI is InChI=1S/C18H23NO5/c1-4-6-11-19-15(12-7-9-13(23-3)10-8-12)14(16(20)17(19)21)18(22)24-5-2/h7-10,15,20H,4-6,11H2,1-3H3. The van der Waals surface area contributed by atoms with E-state index < -0.39 is 23.7 Å². The van der Waals surface area contributed by atoms with Crippen molar-refractivity contribution in [2.24, 2.45) is 0 Å². The molecule has 6 nitrogen and oxygen atoms in total. The first kappa shape index (κ1) is 17.8. The third kappa shape index (κ3) is 3.37. The maximum absolute atomic E-state index is 12.4. The number of nitrogens with zero attached hydrogens (tertiary/aromatic N) is 1. The minimum Gasteiger partial charge on any atom is -0.503 e. The lowest BCUT2D eigenvalue weighted by Crippen LogP contribution is -2.32. The predicted octanol–water partition coefficient (Wildman–Crippen LogP) is 2.75. The van der Waals surface area contributed by atoms with Crippen LogP contribution < -0.4 is 4.74 Å². The van der Waals surface area contributed by atoms with E-state index in [-0.39, 0.29) is 12.2 Å². The summed E-state index contributed by atoms with van der Waals surface area (Å²) >= 11 is 0. The SMILES string of the molecule is CCCCN1C(=O)C(O)=C(C(=O)OCC)C1c1ccc(OC)cc1. The van der Waals surface area contributed by atoms with Crippen LogP contribution in [0.4, 0.5) is 0 Å². The largest absolute Gasteiger partial charge is 0.503 e. The van der Waals surface area contributed by atoms with E-state index in [1.807, 2.05) is 6.92 Å². The number of ether oxygens (including phenoxy) is 2. The number of hydrogen-bond donors (Lipinski definition) is 1. The van der Waals surface area contributed by atoms with Crippen molar-refractivity contribution < 1.29 is 24.2 Å². The van der Waals surface area contributed by atoms with Crippen molar-refractivity contribution in [3.05, 3.63) is 41.2 Å². The third-order valence-corrected chi connectivity index (χ3v) is 3.98. The van der Waals surface area contributed by atoms with E-state index in [4.69, 9.17) is 9.47 Å². The molecule has 2 rings (SSSR count). The molecule has 1 atom stereocenters. The Hall–Kier alpha value is -2.50. The Labute approximate surface area is 141 Å². The molecule has 0 radical (unpaired) electrons. The average Bonchev–Trinajstić information content (AvgIpc) is 2.84. The van der Waals surface area contributed by atoms with Crippen LogP contribution in [-0.2, 0) is 14.3 Å². The van der Waals surface area contributed by atoms with Crippen LogP contribution in [0.2, 0.25) is 0 Å². The van der Waals surface area contributed by atoms with Gasteiger partial charge in [-0.2, -0.15) is 0 Å². The molecule has 0 aliphatic carbocycles. The van der Waals surface area contributed by atoms with Crippen molar-refractivity contribution in [1.82, 2.24) is 4.90 Å². The smallest absolute Gasteiger partial charge is 0.340 e.